The first-order valence-corrected chi connectivity index (χ1v) is 11.5. The Morgan fingerprint density at radius 2 is 2.07 bits per heavy atom. The highest BCUT2D eigenvalue weighted by atomic mass is 32.2. The van der Waals surface area contributed by atoms with Crippen molar-refractivity contribution in [1.82, 2.24) is 9.55 Å². The maximum Gasteiger partial charge on any atom is 0.313 e. The van der Waals surface area contributed by atoms with Gasteiger partial charge < -0.3 is 4.74 Å². The molecule has 0 bridgehead atoms. The fourth-order valence-electron chi connectivity index (χ4n) is 2.81. The van der Waals surface area contributed by atoms with Gasteiger partial charge in [0.25, 0.3) is 0 Å². The van der Waals surface area contributed by atoms with E-state index in [2.05, 4.69) is 18.8 Å². The summed E-state index contributed by atoms with van der Waals surface area (Å²) in [7, 11) is -1.02. The second-order valence-corrected chi connectivity index (χ2v) is 9.15. The summed E-state index contributed by atoms with van der Waals surface area (Å²) < 4.78 is 18.9. The van der Waals surface area contributed by atoms with Crippen LogP contribution in [0.25, 0.3) is 15.4 Å². The second-order valence-electron chi connectivity index (χ2n) is 6.71. The molecule has 1 aromatic carbocycles. The molecule has 0 N–H and O–H groups in total. The Hall–Kier alpha value is -2.25. The number of esters is 1. The highest BCUT2D eigenvalue weighted by Gasteiger charge is 2.17. The second kappa shape index (κ2) is 8.84. The predicted molar refractivity (Wildman–Crippen MR) is 114 cm³/mol. The van der Waals surface area contributed by atoms with Crippen molar-refractivity contribution in [2.45, 2.75) is 38.0 Å². The van der Waals surface area contributed by atoms with E-state index in [0.29, 0.717) is 12.4 Å². The van der Waals surface area contributed by atoms with Gasteiger partial charge in [0.15, 0.2) is 0 Å². The first kappa shape index (κ1) is 20.5. The quantitative estimate of drug-likeness (QED) is 0.530. The molecule has 1 unspecified atom stereocenters. The van der Waals surface area contributed by atoms with Crippen LogP contribution in [0.5, 0.6) is 0 Å². The molecule has 3 aromatic rings. The summed E-state index contributed by atoms with van der Waals surface area (Å²) in [5.41, 5.74) is 1.97. The minimum Gasteiger partial charge on any atom is -0.466 e. The van der Waals surface area contributed by atoms with Crippen LogP contribution in [-0.2, 0) is 26.8 Å². The number of carbonyl (C=O) groups excluding carboxylic acids is 1. The molecule has 0 aliphatic rings. The number of nitrogens with zero attached hydrogens (tertiary/aromatic N) is 2. The molecule has 0 amide bonds. The largest absolute Gasteiger partial charge is 0.466 e. The maximum absolute atomic E-state index is 12.0. The molecule has 0 saturated carbocycles. The number of hydrogen-bond acceptors (Lipinski definition) is 5. The van der Waals surface area contributed by atoms with Gasteiger partial charge in [-0.15, -0.1) is 11.3 Å². The zero-order chi connectivity index (χ0) is 20.3. The molecule has 28 heavy (non-hydrogen) atoms. The Bertz CT molecular complexity index is 1000. The Morgan fingerprint density at radius 3 is 2.75 bits per heavy atom. The topological polar surface area (TPSA) is 61.2 Å². The van der Waals surface area contributed by atoms with Gasteiger partial charge in [-0.3, -0.25) is 13.6 Å². The molecule has 1 atom stereocenters. The van der Waals surface area contributed by atoms with Crippen molar-refractivity contribution >= 4 is 28.1 Å². The van der Waals surface area contributed by atoms with E-state index in [-0.39, 0.29) is 18.3 Å². The maximum atomic E-state index is 12.0. The number of benzene rings is 1. The molecule has 0 fully saturated rings. The number of ether oxygens (including phenoxy) is 1. The molecule has 0 saturated heterocycles. The summed E-state index contributed by atoms with van der Waals surface area (Å²) in [4.78, 5) is 18.5. The lowest BCUT2D eigenvalue weighted by atomic mass is 10.2. The third-order valence-electron chi connectivity index (χ3n) is 4.28. The molecular weight excluding hydrogens is 392 g/mol. The number of thiophene rings is 1. The van der Waals surface area contributed by atoms with Crippen LogP contribution in [0.4, 0.5) is 0 Å². The lowest BCUT2D eigenvalue weighted by molar-refractivity contribution is -0.142. The number of imidazole rings is 1. The summed E-state index contributed by atoms with van der Waals surface area (Å²) in [6, 6.07) is 11.8. The molecule has 0 aliphatic carbocycles. The zero-order valence-electron chi connectivity index (χ0n) is 16.5. The molecule has 0 radical (unpaired) electrons. The van der Waals surface area contributed by atoms with Crippen LogP contribution in [0.3, 0.4) is 0 Å². The Balaban J connectivity index is 1.97. The van der Waals surface area contributed by atoms with Gasteiger partial charge in [-0.05, 0) is 42.7 Å². The van der Waals surface area contributed by atoms with Crippen molar-refractivity contribution in [2.24, 2.45) is 0 Å². The van der Waals surface area contributed by atoms with Gasteiger partial charge in [-0.25, -0.2) is 4.98 Å². The van der Waals surface area contributed by atoms with E-state index in [1.165, 1.54) is 0 Å². The summed E-state index contributed by atoms with van der Waals surface area (Å²) in [6.07, 6.45) is 3.81. The summed E-state index contributed by atoms with van der Waals surface area (Å²) in [5.74, 6) is 0.663. The fraction of sp³-hybridized carbons (Fsp3) is 0.333. The number of hydrogen-bond donors (Lipinski definition) is 0. The minimum absolute atomic E-state index is 0.137. The smallest absolute Gasteiger partial charge is 0.313 e. The van der Waals surface area contributed by atoms with E-state index >= 15 is 0 Å². The van der Waals surface area contributed by atoms with E-state index < -0.39 is 10.8 Å². The summed E-state index contributed by atoms with van der Waals surface area (Å²) in [5, 5.41) is 0.983. The summed E-state index contributed by atoms with van der Waals surface area (Å²) >= 11 is 1.61. The Kier molecular flexibility index (Phi) is 6.46. The third-order valence-corrected chi connectivity index (χ3v) is 6.33. The van der Waals surface area contributed by atoms with Crippen molar-refractivity contribution in [3.63, 3.8) is 0 Å². The predicted octanol–water partition coefficient (Wildman–Crippen LogP) is 4.57. The number of carbonyl (C=O) groups is 1. The van der Waals surface area contributed by atoms with Crippen molar-refractivity contribution in [3.8, 4) is 15.4 Å². The third kappa shape index (κ3) is 4.59. The highest BCUT2D eigenvalue weighted by molar-refractivity contribution is 7.84. The van der Waals surface area contributed by atoms with E-state index in [0.717, 1.165) is 26.0 Å². The van der Waals surface area contributed by atoms with Crippen LogP contribution in [0.1, 0.15) is 38.2 Å². The zero-order valence-corrected chi connectivity index (χ0v) is 18.1. The van der Waals surface area contributed by atoms with Gasteiger partial charge >= 0.3 is 5.97 Å². The van der Waals surface area contributed by atoms with Crippen molar-refractivity contribution in [2.75, 3.05) is 12.9 Å². The van der Waals surface area contributed by atoms with Gasteiger partial charge in [0.05, 0.1) is 12.3 Å². The molecule has 3 rings (SSSR count). The molecule has 148 valence electrons. The van der Waals surface area contributed by atoms with Crippen molar-refractivity contribution in [1.29, 1.82) is 0 Å². The van der Waals surface area contributed by atoms with Crippen LogP contribution in [0.15, 0.2) is 47.5 Å². The lowest BCUT2D eigenvalue weighted by Crippen LogP contribution is -2.11. The Labute approximate surface area is 171 Å². The molecule has 2 aromatic heterocycles. The lowest BCUT2D eigenvalue weighted by Gasteiger charge is -2.05. The van der Waals surface area contributed by atoms with E-state index in [4.69, 9.17) is 4.74 Å². The fourth-order valence-corrected chi connectivity index (χ4v) is 4.38. The molecule has 0 aliphatic heterocycles. The average Bonchev–Trinajstić information content (AvgIpc) is 3.29. The van der Waals surface area contributed by atoms with Crippen molar-refractivity contribution < 1.29 is 13.7 Å². The highest BCUT2D eigenvalue weighted by Crippen LogP contribution is 2.32. The Morgan fingerprint density at radius 1 is 1.29 bits per heavy atom. The number of aromatic nitrogens is 2. The standard InChI is InChI=1S/C21H24N2O3S2/c1-5-26-21(24)12-19-22-17(14(2)3)13-23(19)20-10-9-18(27-20)15-7-6-8-16(11-15)28(4)25/h6-11,13-14H,5,12H2,1-4H3. The molecule has 7 heteroatoms. The van der Waals surface area contributed by atoms with Crippen LogP contribution < -0.4 is 0 Å². The van der Waals surface area contributed by atoms with Gasteiger partial charge in [-0.2, -0.15) is 0 Å². The molecule has 0 spiro atoms. The summed E-state index contributed by atoms with van der Waals surface area (Å²) in [6.45, 7) is 6.32. The molecule has 2 heterocycles. The van der Waals surface area contributed by atoms with Crippen LogP contribution in [0.2, 0.25) is 0 Å². The monoisotopic (exact) mass is 416 g/mol. The first-order chi connectivity index (χ1) is 13.4. The van der Waals surface area contributed by atoms with Crippen molar-refractivity contribution in [3.05, 3.63) is 54.1 Å². The van der Waals surface area contributed by atoms with Crippen LogP contribution in [-0.4, -0.2) is 32.6 Å². The first-order valence-electron chi connectivity index (χ1n) is 9.17. The number of rotatable bonds is 7. The SMILES string of the molecule is CCOC(=O)Cc1nc(C(C)C)cn1-c1ccc(-c2cccc(S(C)=O)c2)s1. The normalized spacial score (nSPS) is 12.3. The average molecular weight is 417 g/mol. The van der Waals surface area contributed by atoms with E-state index in [1.54, 1.807) is 24.5 Å². The van der Waals surface area contributed by atoms with Gasteiger partial charge in [0.2, 0.25) is 0 Å². The van der Waals surface area contributed by atoms with Gasteiger partial charge in [-0.1, -0.05) is 26.0 Å². The van der Waals surface area contributed by atoms with E-state index in [1.807, 2.05) is 47.2 Å². The van der Waals surface area contributed by atoms with E-state index in [9.17, 15) is 9.00 Å². The van der Waals surface area contributed by atoms with Gasteiger partial charge in [0, 0.05) is 33.0 Å². The molecule has 5 nitrogen and oxygen atoms in total. The minimum atomic E-state index is -1.02. The van der Waals surface area contributed by atoms with Crippen LogP contribution in [0, 0.1) is 0 Å². The van der Waals surface area contributed by atoms with Crippen LogP contribution >= 0.6 is 11.3 Å². The molecular formula is C21H24N2O3S2. The van der Waals surface area contributed by atoms with Gasteiger partial charge in [0.1, 0.15) is 17.2 Å².